The normalized spacial score (nSPS) is 18.9. The van der Waals surface area contributed by atoms with Gasteiger partial charge in [-0.05, 0) is 36.3 Å². The highest BCUT2D eigenvalue weighted by Crippen LogP contribution is 2.31. The van der Waals surface area contributed by atoms with Gasteiger partial charge >= 0.3 is 0 Å². The molecule has 1 unspecified atom stereocenters. The second-order valence-corrected chi connectivity index (χ2v) is 7.79. The number of azo groups is 1. The number of fused-ring (bicyclic) bond motifs is 1. The minimum absolute atomic E-state index is 0.0173. The van der Waals surface area contributed by atoms with Crippen LogP contribution in [0.1, 0.15) is 18.1 Å². The zero-order valence-corrected chi connectivity index (χ0v) is 18.4. The average molecular weight is 441 g/mol. The largest absolute Gasteiger partial charge is 0.489 e. The summed E-state index contributed by atoms with van der Waals surface area (Å²) in [5, 5.41) is 10.6. The first-order valence-corrected chi connectivity index (χ1v) is 10.5. The molecular weight excluding hydrogens is 418 g/mol. The first-order chi connectivity index (χ1) is 15.9. The molecule has 2 aliphatic heterocycles. The Balaban J connectivity index is 1.44. The summed E-state index contributed by atoms with van der Waals surface area (Å²) in [5.74, 6) is 5.52. The van der Waals surface area contributed by atoms with E-state index in [2.05, 4.69) is 39.0 Å². The third-order valence-electron chi connectivity index (χ3n) is 5.10. The van der Waals surface area contributed by atoms with E-state index in [0.717, 1.165) is 16.7 Å². The Hall–Kier alpha value is -4.25. The minimum Gasteiger partial charge on any atom is -0.489 e. The molecule has 33 heavy (non-hydrogen) atoms. The Kier molecular flexibility index (Phi) is 6.31. The standard InChI is InChI=1S/C25H23N5O3/c1-16(2)9-10-18-11-12-21-20(13-18)30(3)25(32)19(15-33-21)26-24(31)23-27-22(28-29-23)14-17-7-5-4-6-8-17/h4-8,11-13,19,22H,1,14-15H2,2-3H3,(H,26,31)/t19-,22?/m0/s1. The Morgan fingerprint density at radius 2 is 2.06 bits per heavy atom. The van der Waals surface area contributed by atoms with Crippen LogP contribution in [-0.2, 0) is 16.0 Å². The Bertz CT molecular complexity index is 1220. The van der Waals surface area contributed by atoms with Crippen LogP contribution < -0.4 is 15.0 Å². The highest BCUT2D eigenvalue weighted by atomic mass is 16.5. The number of allylic oxidation sites excluding steroid dienone is 1. The van der Waals surface area contributed by atoms with Gasteiger partial charge in [0, 0.05) is 19.0 Å². The molecule has 1 N–H and O–H groups in total. The number of rotatable bonds is 4. The number of amidine groups is 1. The van der Waals surface area contributed by atoms with E-state index in [0.29, 0.717) is 17.9 Å². The molecular formula is C25H23N5O3. The molecule has 0 saturated heterocycles. The minimum atomic E-state index is -0.897. The second-order valence-electron chi connectivity index (χ2n) is 7.79. The molecule has 166 valence electrons. The van der Waals surface area contributed by atoms with Crippen molar-refractivity contribution in [3.8, 4) is 17.6 Å². The number of amides is 2. The van der Waals surface area contributed by atoms with Gasteiger partial charge in [0.2, 0.25) is 5.84 Å². The molecule has 2 amide bonds. The number of aliphatic imine (C=N–C) groups is 1. The first kappa shape index (κ1) is 22.0. The van der Waals surface area contributed by atoms with Crippen molar-refractivity contribution in [2.45, 2.75) is 25.6 Å². The van der Waals surface area contributed by atoms with Crippen LogP contribution in [0.15, 0.2) is 75.9 Å². The number of anilines is 1. The summed E-state index contributed by atoms with van der Waals surface area (Å²) >= 11 is 0. The number of nitrogens with zero attached hydrogens (tertiary/aromatic N) is 4. The predicted octanol–water partition coefficient (Wildman–Crippen LogP) is 2.89. The van der Waals surface area contributed by atoms with Gasteiger partial charge in [-0.15, -0.1) is 5.11 Å². The molecule has 2 atom stereocenters. The third kappa shape index (κ3) is 5.15. The van der Waals surface area contributed by atoms with Crippen LogP contribution in [0.25, 0.3) is 0 Å². The highest BCUT2D eigenvalue weighted by molar-refractivity contribution is 6.38. The fourth-order valence-electron chi connectivity index (χ4n) is 3.41. The maximum absolute atomic E-state index is 13.0. The van der Waals surface area contributed by atoms with Gasteiger partial charge in [0.15, 0.2) is 6.17 Å². The van der Waals surface area contributed by atoms with Gasteiger partial charge in [0.05, 0.1) is 5.69 Å². The molecule has 0 aliphatic carbocycles. The summed E-state index contributed by atoms with van der Waals surface area (Å²) in [7, 11) is 1.63. The molecule has 2 aliphatic rings. The van der Waals surface area contributed by atoms with Crippen LogP contribution in [0, 0.1) is 11.8 Å². The van der Waals surface area contributed by atoms with Crippen molar-refractivity contribution in [2.75, 3.05) is 18.6 Å². The van der Waals surface area contributed by atoms with Crippen molar-refractivity contribution in [3.05, 3.63) is 71.8 Å². The summed E-state index contributed by atoms with van der Waals surface area (Å²) in [6.07, 6.45) is 0.0845. The molecule has 0 radical (unpaired) electrons. The van der Waals surface area contributed by atoms with Crippen LogP contribution >= 0.6 is 0 Å². The Morgan fingerprint density at radius 1 is 1.27 bits per heavy atom. The lowest BCUT2D eigenvalue weighted by Gasteiger charge is -2.20. The third-order valence-corrected chi connectivity index (χ3v) is 5.10. The zero-order valence-electron chi connectivity index (χ0n) is 18.4. The summed E-state index contributed by atoms with van der Waals surface area (Å²) in [4.78, 5) is 31.5. The maximum atomic E-state index is 13.0. The van der Waals surface area contributed by atoms with Crippen LogP contribution in [-0.4, -0.2) is 43.5 Å². The van der Waals surface area contributed by atoms with E-state index in [1.807, 2.05) is 43.3 Å². The lowest BCUT2D eigenvalue weighted by molar-refractivity contribution is -0.124. The van der Waals surface area contributed by atoms with E-state index in [4.69, 9.17) is 4.74 Å². The quantitative estimate of drug-likeness (QED) is 0.739. The fourth-order valence-corrected chi connectivity index (χ4v) is 3.41. The lowest BCUT2D eigenvalue weighted by Crippen LogP contribution is -2.50. The number of benzene rings is 2. The van der Waals surface area contributed by atoms with Gasteiger partial charge in [-0.3, -0.25) is 9.59 Å². The molecule has 0 aromatic heterocycles. The topological polar surface area (TPSA) is 95.7 Å². The number of likely N-dealkylation sites (N-methyl/N-ethyl adjacent to an activating group) is 1. The molecule has 2 heterocycles. The number of nitrogens with one attached hydrogen (secondary N) is 1. The number of ether oxygens (including phenoxy) is 1. The first-order valence-electron chi connectivity index (χ1n) is 10.5. The number of carbonyl (C=O) groups excluding carboxylic acids is 2. The molecule has 4 rings (SSSR count). The van der Waals surface area contributed by atoms with Gasteiger partial charge in [0.25, 0.3) is 11.8 Å². The van der Waals surface area contributed by atoms with Crippen LogP contribution in [0.4, 0.5) is 5.69 Å². The van der Waals surface area contributed by atoms with E-state index in [9.17, 15) is 9.59 Å². The van der Waals surface area contributed by atoms with E-state index >= 15 is 0 Å². The Morgan fingerprint density at radius 3 is 2.82 bits per heavy atom. The monoisotopic (exact) mass is 441 g/mol. The lowest BCUT2D eigenvalue weighted by atomic mass is 10.1. The van der Waals surface area contributed by atoms with Gasteiger partial charge in [-0.1, -0.05) is 48.8 Å². The summed E-state index contributed by atoms with van der Waals surface area (Å²) < 4.78 is 5.81. The molecule has 0 spiro atoms. The summed E-state index contributed by atoms with van der Waals surface area (Å²) in [6, 6.07) is 14.2. The molecule has 8 heteroatoms. The van der Waals surface area contributed by atoms with Crippen LogP contribution in [0.5, 0.6) is 5.75 Å². The van der Waals surface area contributed by atoms with Crippen molar-refractivity contribution in [1.82, 2.24) is 5.32 Å². The molecule has 0 fully saturated rings. The fraction of sp³-hybridized carbons (Fsp3) is 0.240. The van der Waals surface area contributed by atoms with Gasteiger partial charge < -0.3 is 15.0 Å². The van der Waals surface area contributed by atoms with Crippen molar-refractivity contribution < 1.29 is 14.3 Å². The molecule has 8 nitrogen and oxygen atoms in total. The van der Waals surface area contributed by atoms with E-state index in [-0.39, 0.29) is 18.3 Å². The van der Waals surface area contributed by atoms with Crippen molar-refractivity contribution in [3.63, 3.8) is 0 Å². The van der Waals surface area contributed by atoms with E-state index < -0.39 is 18.1 Å². The summed E-state index contributed by atoms with van der Waals surface area (Å²) in [6.45, 7) is 5.57. The van der Waals surface area contributed by atoms with Crippen LogP contribution in [0.3, 0.4) is 0 Å². The van der Waals surface area contributed by atoms with E-state index in [1.54, 1.807) is 19.2 Å². The SMILES string of the molecule is C=C(C)C#Cc1ccc2c(c1)N(C)C(=O)[C@@H](NC(=O)C1=NC(Cc3ccccc3)N=N1)CO2. The molecule has 2 aromatic rings. The second kappa shape index (κ2) is 9.49. The van der Waals surface area contributed by atoms with Gasteiger partial charge in [-0.25, -0.2) is 4.99 Å². The maximum Gasteiger partial charge on any atom is 0.291 e. The number of hydrogen-bond acceptors (Lipinski definition) is 6. The smallest absolute Gasteiger partial charge is 0.291 e. The van der Waals surface area contributed by atoms with Crippen molar-refractivity contribution in [1.29, 1.82) is 0 Å². The van der Waals surface area contributed by atoms with Gasteiger partial charge in [-0.2, -0.15) is 5.11 Å². The molecule has 0 bridgehead atoms. The van der Waals surface area contributed by atoms with E-state index in [1.165, 1.54) is 4.90 Å². The Labute approximate surface area is 192 Å². The van der Waals surface area contributed by atoms with Crippen LogP contribution in [0.2, 0.25) is 0 Å². The summed E-state index contributed by atoms with van der Waals surface area (Å²) in [5.41, 5.74) is 3.09. The molecule has 2 aromatic carbocycles. The number of carbonyl (C=O) groups is 2. The average Bonchev–Trinajstić information content (AvgIpc) is 3.24. The highest BCUT2D eigenvalue weighted by Gasteiger charge is 2.32. The number of hydrogen-bond donors (Lipinski definition) is 1. The van der Waals surface area contributed by atoms with Crippen molar-refractivity contribution in [2.24, 2.45) is 15.2 Å². The van der Waals surface area contributed by atoms with Crippen molar-refractivity contribution >= 4 is 23.3 Å². The zero-order chi connectivity index (χ0) is 23.4. The molecule has 0 saturated carbocycles. The van der Waals surface area contributed by atoms with Gasteiger partial charge in [0.1, 0.15) is 18.4 Å². The predicted molar refractivity (Wildman–Crippen MR) is 125 cm³/mol.